The van der Waals surface area contributed by atoms with Crippen molar-refractivity contribution < 1.29 is 4.79 Å². The summed E-state index contributed by atoms with van der Waals surface area (Å²) in [6, 6.07) is 4.20. The number of anilines is 1. The van der Waals surface area contributed by atoms with Crippen molar-refractivity contribution in [2.24, 2.45) is 0 Å². The Kier molecular flexibility index (Phi) is 4.68. The van der Waals surface area contributed by atoms with Crippen LogP contribution in [0.3, 0.4) is 0 Å². The second-order valence-electron chi connectivity index (χ2n) is 6.14. The van der Waals surface area contributed by atoms with Crippen LogP contribution in [0.15, 0.2) is 12.1 Å². The van der Waals surface area contributed by atoms with Crippen LogP contribution in [-0.2, 0) is 0 Å². The van der Waals surface area contributed by atoms with Gasteiger partial charge in [0.25, 0.3) is 5.91 Å². The number of rotatable bonds is 3. The Balaban J connectivity index is 1.59. The molecule has 0 spiro atoms. The van der Waals surface area contributed by atoms with E-state index in [0.717, 1.165) is 31.7 Å². The van der Waals surface area contributed by atoms with E-state index in [2.05, 4.69) is 15.5 Å². The Labute approximate surface area is 126 Å². The molecule has 1 aliphatic heterocycles. The van der Waals surface area contributed by atoms with Crippen molar-refractivity contribution >= 4 is 11.7 Å². The second-order valence-corrected chi connectivity index (χ2v) is 6.14. The molecule has 0 radical (unpaired) electrons. The van der Waals surface area contributed by atoms with Gasteiger partial charge in [0.15, 0.2) is 5.69 Å². The van der Waals surface area contributed by atoms with E-state index in [1.807, 2.05) is 11.0 Å². The highest BCUT2D eigenvalue weighted by atomic mass is 16.2. The predicted octanol–water partition coefficient (Wildman–Crippen LogP) is 2.85. The summed E-state index contributed by atoms with van der Waals surface area (Å²) in [5, 5.41) is 11.7. The molecule has 0 atom stereocenters. The van der Waals surface area contributed by atoms with Gasteiger partial charge in [-0.25, -0.2) is 0 Å². The quantitative estimate of drug-likeness (QED) is 0.929. The van der Waals surface area contributed by atoms with Gasteiger partial charge in [0.05, 0.1) is 0 Å². The SMILES string of the molecule is O=C(c1ccc(NC2CCCCC2)nn1)N1CCCCC1. The molecule has 1 aromatic rings. The lowest BCUT2D eigenvalue weighted by atomic mass is 9.95. The van der Waals surface area contributed by atoms with Crippen LogP contribution < -0.4 is 5.32 Å². The molecule has 21 heavy (non-hydrogen) atoms. The standard InChI is InChI=1S/C16H24N4O/c21-16(20-11-5-2-6-12-20)14-9-10-15(19-18-14)17-13-7-3-1-4-8-13/h9-10,13H,1-8,11-12H2,(H,17,19). The Morgan fingerprint density at radius 3 is 2.38 bits per heavy atom. The third-order valence-corrected chi connectivity index (χ3v) is 4.48. The second kappa shape index (κ2) is 6.87. The minimum atomic E-state index is 0.0198. The third-order valence-electron chi connectivity index (χ3n) is 4.48. The fourth-order valence-electron chi connectivity index (χ4n) is 3.24. The van der Waals surface area contributed by atoms with Crippen molar-refractivity contribution in [2.75, 3.05) is 18.4 Å². The highest BCUT2D eigenvalue weighted by molar-refractivity contribution is 5.92. The van der Waals surface area contributed by atoms with Crippen LogP contribution in [0.5, 0.6) is 0 Å². The van der Waals surface area contributed by atoms with Gasteiger partial charge < -0.3 is 10.2 Å². The van der Waals surface area contributed by atoms with Crippen molar-refractivity contribution in [3.05, 3.63) is 17.8 Å². The Morgan fingerprint density at radius 2 is 1.71 bits per heavy atom. The number of carbonyl (C=O) groups excluding carboxylic acids is 1. The maximum atomic E-state index is 12.3. The average molecular weight is 288 g/mol. The summed E-state index contributed by atoms with van der Waals surface area (Å²) in [7, 11) is 0. The Hall–Kier alpha value is -1.65. The fourth-order valence-corrected chi connectivity index (χ4v) is 3.24. The number of nitrogens with zero attached hydrogens (tertiary/aromatic N) is 3. The molecule has 5 heteroatoms. The van der Waals surface area contributed by atoms with Crippen molar-refractivity contribution in [3.8, 4) is 0 Å². The number of amides is 1. The smallest absolute Gasteiger partial charge is 0.274 e. The zero-order valence-corrected chi connectivity index (χ0v) is 12.6. The molecule has 0 bridgehead atoms. The first-order valence-electron chi connectivity index (χ1n) is 8.22. The molecule has 1 aromatic heterocycles. The van der Waals surface area contributed by atoms with Crippen molar-refractivity contribution in [3.63, 3.8) is 0 Å². The summed E-state index contributed by atoms with van der Waals surface area (Å²) in [4.78, 5) is 14.2. The molecule has 0 unspecified atom stereocenters. The van der Waals surface area contributed by atoms with E-state index in [1.165, 1.54) is 38.5 Å². The van der Waals surface area contributed by atoms with Gasteiger partial charge in [-0.2, -0.15) is 0 Å². The molecule has 2 fully saturated rings. The van der Waals surface area contributed by atoms with Gasteiger partial charge in [-0.3, -0.25) is 4.79 Å². The lowest BCUT2D eigenvalue weighted by Gasteiger charge is -2.26. The monoisotopic (exact) mass is 288 g/mol. The fraction of sp³-hybridized carbons (Fsp3) is 0.688. The summed E-state index contributed by atoms with van der Waals surface area (Å²) in [5.41, 5.74) is 0.464. The van der Waals surface area contributed by atoms with Gasteiger partial charge in [-0.15, -0.1) is 10.2 Å². The lowest BCUT2D eigenvalue weighted by Crippen LogP contribution is -2.36. The highest BCUT2D eigenvalue weighted by Gasteiger charge is 2.20. The zero-order chi connectivity index (χ0) is 14.5. The van der Waals surface area contributed by atoms with E-state index < -0.39 is 0 Å². The molecule has 1 saturated heterocycles. The van der Waals surface area contributed by atoms with Gasteiger partial charge in [-0.05, 0) is 44.2 Å². The number of nitrogens with one attached hydrogen (secondary N) is 1. The summed E-state index contributed by atoms with van der Waals surface area (Å²) in [5.74, 6) is 0.809. The van der Waals surface area contributed by atoms with E-state index in [0.29, 0.717) is 11.7 Å². The van der Waals surface area contributed by atoms with Crippen LogP contribution in [0.1, 0.15) is 61.9 Å². The average Bonchev–Trinajstić information content (AvgIpc) is 2.57. The maximum Gasteiger partial charge on any atom is 0.274 e. The van der Waals surface area contributed by atoms with Gasteiger partial charge >= 0.3 is 0 Å². The van der Waals surface area contributed by atoms with Crippen molar-refractivity contribution in [1.29, 1.82) is 0 Å². The summed E-state index contributed by atoms with van der Waals surface area (Å²) in [6.45, 7) is 1.70. The first-order valence-corrected chi connectivity index (χ1v) is 8.22. The van der Waals surface area contributed by atoms with Crippen LogP contribution in [0, 0.1) is 0 Å². The minimum absolute atomic E-state index is 0.0198. The van der Waals surface area contributed by atoms with Gasteiger partial charge in [-0.1, -0.05) is 19.3 Å². The van der Waals surface area contributed by atoms with Crippen molar-refractivity contribution in [2.45, 2.75) is 57.4 Å². The molecule has 0 aromatic carbocycles. The van der Waals surface area contributed by atoms with E-state index >= 15 is 0 Å². The molecule has 1 aliphatic carbocycles. The molecule has 2 heterocycles. The number of aromatic nitrogens is 2. The third kappa shape index (κ3) is 3.71. The maximum absolute atomic E-state index is 12.3. The number of hydrogen-bond donors (Lipinski definition) is 1. The number of likely N-dealkylation sites (tertiary alicyclic amines) is 1. The van der Waals surface area contributed by atoms with E-state index in [4.69, 9.17) is 0 Å². The van der Waals surface area contributed by atoms with Crippen LogP contribution in [-0.4, -0.2) is 40.1 Å². The van der Waals surface area contributed by atoms with E-state index in [1.54, 1.807) is 6.07 Å². The van der Waals surface area contributed by atoms with Crippen LogP contribution in [0.25, 0.3) is 0 Å². The predicted molar refractivity (Wildman–Crippen MR) is 82.3 cm³/mol. The number of piperidine rings is 1. The first-order chi connectivity index (χ1) is 10.3. The van der Waals surface area contributed by atoms with Crippen LogP contribution >= 0.6 is 0 Å². The van der Waals surface area contributed by atoms with Gasteiger partial charge in [0, 0.05) is 19.1 Å². The van der Waals surface area contributed by atoms with E-state index in [9.17, 15) is 4.79 Å². The summed E-state index contributed by atoms with van der Waals surface area (Å²) in [6.07, 6.45) is 9.74. The number of hydrogen-bond acceptors (Lipinski definition) is 4. The summed E-state index contributed by atoms with van der Waals surface area (Å²) < 4.78 is 0. The van der Waals surface area contributed by atoms with Gasteiger partial charge in [0.2, 0.25) is 0 Å². The number of carbonyl (C=O) groups is 1. The first kappa shape index (κ1) is 14.3. The van der Waals surface area contributed by atoms with E-state index in [-0.39, 0.29) is 5.91 Å². The molecular formula is C16H24N4O. The molecule has 1 N–H and O–H groups in total. The largest absolute Gasteiger partial charge is 0.366 e. The molecule has 1 amide bonds. The molecule has 2 aliphatic rings. The van der Waals surface area contributed by atoms with Crippen LogP contribution in [0.4, 0.5) is 5.82 Å². The van der Waals surface area contributed by atoms with Crippen LogP contribution in [0.2, 0.25) is 0 Å². The summed E-state index contributed by atoms with van der Waals surface area (Å²) >= 11 is 0. The zero-order valence-electron chi connectivity index (χ0n) is 12.6. The molecule has 5 nitrogen and oxygen atoms in total. The van der Waals surface area contributed by atoms with Gasteiger partial charge in [0.1, 0.15) is 5.82 Å². The topological polar surface area (TPSA) is 58.1 Å². The normalized spacial score (nSPS) is 20.3. The van der Waals surface area contributed by atoms with Crippen molar-refractivity contribution in [1.82, 2.24) is 15.1 Å². The Bertz CT molecular complexity index is 462. The molecular weight excluding hydrogens is 264 g/mol. The molecule has 1 saturated carbocycles. The molecule has 114 valence electrons. The Morgan fingerprint density at radius 1 is 1.00 bits per heavy atom. The lowest BCUT2D eigenvalue weighted by molar-refractivity contribution is 0.0717. The highest BCUT2D eigenvalue weighted by Crippen LogP contribution is 2.20. The molecule has 3 rings (SSSR count). The minimum Gasteiger partial charge on any atom is -0.366 e.